The van der Waals surface area contributed by atoms with Gasteiger partial charge in [0.1, 0.15) is 12.4 Å². The van der Waals surface area contributed by atoms with Crippen molar-refractivity contribution >= 4 is 17.3 Å². The first-order valence-electron chi connectivity index (χ1n) is 5.22. The van der Waals surface area contributed by atoms with E-state index in [4.69, 9.17) is 22.2 Å². The maximum atomic E-state index is 6.05. The average Bonchev–Trinajstić information content (AvgIpc) is 2.38. The summed E-state index contributed by atoms with van der Waals surface area (Å²) in [6.07, 6.45) is 0. The van der Waals surface area contributed by atoms with Gasteiger partial charge in [-0.05, 0) is 23.8 Å². The molecule has 0 saturated heterocycles. The van der Waals surface area contributed by atoms with E-state index >= 15 is 0 Å². The highest BCUT2D eigenvalue weighted by molar-refractivity contribution is 6.32. The number of halogens is 1. The highest BCUT2D eigenvalue weighted by Crippen LogP contribution is 2.27. The normalized spacial score (nSPS) is 10.0. The number of hydrogen-bond acceptors (Lipinski definition) is 3. The molecule has 3 nitrogen and oxygen atoms in total. The molecule has 0 heterocycles. The van der Waals surface area contributed by atoms with E-state index in [0.29, 0.717) is 17.4 Å². The van der Waals surface area contributed by atoms with Crippen molar-refractivity contribution < 1.29 is 4.74 Å². The van der Waals surface area contributed by atoms with Gasteiger partial charge in [0.2, 0.25) is 0 Å². The van der Waals surface area contributed by atoms with Gasteiger partial charge >= 0.3 is 0 Å². The molecule has 2 aromatic carbocycles. The molecule has 0 bridgehead atoms. The van der Waals surface area contributed by atoms with Gasteiger partial charge in [-0.2, -0.15) is 0 Å². The first-order valence-corrected chi connectivity index (χ1v) is 5.60. The summed E-state index contributed by atoms with van der Waals surface area (Å²) in [5.74, 6) is 5.93. The van der Waals surface area contributed by atoms with Crippen molar-refractivity contribution in [3.8, 4) is 5.75 Å². The molecular weight excluding hydrogens is 236 g/mol. The maximum Gasteiger partial charge on any atom is 0.138 e. The minimum Gasteiger partial charge on any atom is -0.487 e. The van der Waals surface area contributed by atoms with Gasteiger partial charge in [-0.3, -0.25) is 5.84 Å². The topological polar surface area (TPSA) is 47.3 Å². The van der Waals surface area contributed by atoms with E-state index in [1.807, 2.05) is 36.4 Å². The molecule has 0 amide bonds. The summed E-state index contributed by atoms with van der Waals surface area (Å²) in [5, 5.41) is 0.538. The molecule has 0 spiro atoms. The third kappa shape index (κ3) is 3.12. The lowest BCUT2D eigenvalue weighted by Crippen LogP contribution is -2.06. The summed E-state index contributed by atoms with van der Waals surface area (Å²) in [7, 11) is 0. The Morgan fingerprint density at radius 3 is 2.53 bits per heavy atom. The van der Waals surface area contributed by atoms with Crippen LogP contribution in [0.4, 0.5) is 5.69 Å². The molecule has 3 N–H and O–H groups in total. The number of rotatable bonds is 4. The van der Waals surface area contributed by atoms with Crippen molar-refractivity contribution in [2.24, 2.45) is 5.84 Å². The van der Waals surface area contributed by atoms with Crippen LogP contribution >= 0.6 is 11.6 Å². The van der Waals surface area contributed by atoms with Gasteiger partial charge in [-0.15, -0.1) is 0 Å². The lowest BCUT2D eigenvalue weighted by Gasteiger charge is -2.09. The average molecular weight is 249 g/mol. The van der Waals surface area contributed by atoms with Crippen LogP contribution in [-0.4, -0.2) is 0 Å². The number of nitrogens with two attached hydrogens (primary N) is 1. The molecule has 2 rings (SSSR count). The lowest BCUT2D eigenvalue weighted by molar-refractivity contribution is 0.306. The zero-order chi connectivity index (χ0) is 12.1. The fraction of sp³-hybridized carbons (Fsp3) is 0.0769. The monoisotopic (exact) mass is 248 g/mol. The number of anilines is 1. The van der Waals surface area contributed by atoms with Crippen molar-refractivity contribution in [1.29, 1.82) is 0 Å². The minimum absolute atomic E-state index is 0.496. The third-order valence-corrected chi connectivity index (χ3v) is 2.63. The van der Waals surface area contributed by atoms with Gasteiger partial charge in [0, 0.05) is 0 Å². The molecule has 0 aliphatic carbocycles. The Hall–Kier alpha value is -1.71. The van der Waals surface area contributed by atoms with E-state index in [1.54, 1.807) is 12.1 Å². The van der Waals surface area contributed by atoms with Crippen LogP contribution in [0.5, 0.6) is 5.75 Å². The van der Waals surface area contributed by atoms with Crippen molar-refractivity contribution in [3.63, 3.8) is 0 Å². The standard InChI is InChI=1S/C13H13ClN2O/c14-12-8-11(16-15)6-7-13(12)17-9-10-4-2-1-3-5-10/h1-8,16H,9,15H2. The Kier molecular flexibility index (Phi) is 3.85. The van der Waals surface area contributed by atoms with Gasteiger partial charge in [-0.1, -0.05) is 41.9 Å². The minimum atomic E-state index is 0.496. The number of benzene rings is 2. The Labute approximate surface area is 105 Å². The van der Waals surface area contributed by atoms with Crippen LogP contribution in [0.1, 0.15) is 5.56 Å². The molecule has 0 atom stereocenters. The molecule has 2 aromatic rings. The van der Waals surface area contributed by atoms with Crippen LogP contribution in [-0.2, 0) is 6.61 Å². The summed E-state index contributed by atoms with van der Waals surface area (Å²) in [6, 6.07) is 15.3. The van der Waals surface area contributed by atoms with Gasteiger partial charge < -0.3 is 10.2 Å². The fourth-order valence-corrected chi connectivity index (χ4v) is 1.68. The summed E-state index contributed by atoms with van der Waals surface area (Å²) >= 11 is 6.05. The van der Waals surface area contributed by atoms with Gasteiger partial charge in [0.15, 0.2) is 0 Å². The smallest absolute Gasteiger partial charge is 0.138 e. The zero-order valence-electron chi connectivity index (χ0n) is 9.19. The van der Waals surface area contributed by atoms with Crippen LogP contribution in [0.25, 0.3) is 0 Å². The molecular formula is C13H13ClN2O. The predicted molar refractivity (Wildman–Crippen MR) is 70.0 cm³/mol. The van der Waals surface area contributed by atoms with E-state index in [-0.39, 0.29) is 0 Å². The highest BCUT2D eigenvalue weighted by atomic mass is 35.5. The van der Waals surface area contributed by atoms with Crippen LogP contribution in [0.15, 0.2) is 48.5 Å². The maximum absolute atomic E-state index is 6.05. The van der Waals surface area contributed by atoms with Crippen LogP contribution in [0, 0.1) is 0 Å². The van der Waals surface area contributed by atoms with Crippen molar-refractivity contribution in [3.05, 3.63) is 59.1 Å². The van der Waals surface area contributed by atoms with Gasteiger partial charge in [0.05, 0.1) is 10.7 Å². The number of hydrogen-bond donors (Lipinski definition) is 2. The van der Waals surface area contributed by atoms with Gasteiger partial charge in [0.25, 0.3) is 0 Å². The van der Waals surface area contributed by atoms with E-state index in [9.17, 15) is 0 Å². The summed E-state index contributed by atoms with van der Waals surface area (Å²) in [6.45, 7) is 0.496. The van der Waals surface area contributed by atoms with Crippen LogP contribution < -0.4 is 16.0 Å². The summed E-state index contributed by atoms with van der Waals surface area (Å²) in [4.78, 5) is 0. The predicted octanol–water partition coefficient (Wildman–Crippen LogP) is 3.20. The van der Waals surface area contributed by atoms with Crippen molar-refractivity contribution in [1.82, 2.24) is 0 Å². The van der Waals surface area contributed by atoms with Crippen molar-refractivity contribution in [2.75, 3.05) is 5.43 Å². The molecule has 0 aliphatic rings. The van der Waals surface area contributed by atoms with Crippen LogP contribution in [0.2, 0.25) is 5.02 Å². The quantitative estimate of drug-likeness (QED) is 0.645. The second kappa shape index (κ2) is 5.57. The van der Waals surface area contributed by atoms with Crippen molar-refractivity contribution in [2.45, 2.75) is 6.61 Å². The van der Waals surface area contributed by atoms with E-state index in [2.05, 4.69) is 5.43 Å². The first-order chi connectivity index (χ1) is 8.29. The Morgan fingerprint density at radius 2 is 1.88 bits per heavy atom. The Balaban J connectivity index is 2.04. The number of nitrogens with one attached hydrogen (secondary N) is 1. The lowest BCUT2D eigenvalue weighted by atomic mass is 10.2. The second-order valence-corrected chi connectivity index (χ2v) is 3.97. The van der Waals surface area contributed by atoms with Crippen LogP contribution in [0.3, 0.4) is 0 Å². The molecule has 0 saturated carbocycles. The number of nitrogen functional groups attached to an aromatic ring is 1. The fourth-order valence-electron chi connectivity index (χ4n) is 1.44. The molecule has 0 aliphatic heterocycles. The molecule has 4 heteroatoms. The van der Waals surface area contributed by atoms with E-state index in [0.717, 1.165) is 11.3 Å². The summed E-state index contributed by atoms with van der Waals surface area (Å²) < 4.78 is 5.62. The molecule has 0 unspecified atom stereocenters. The number of hydrazine groups is 1. The zero-order valence-corrected chi connectivity index (χ0v) is 9.95. The molecule has 0 aromatic heterocycles. The first kappa shape index (κ1) is 11.8. The SMILES string of the molecule is NNc1ccc(OCc2ccccc2)c(Cl)c1. The molecule has 0 radical (unpaired) electrons. The molecule has 88 valence electrons. The van der Waals surface area contributed by atoms with Gasteiger partial charge in [-0.25, -0.2) is 0 Å². The van der Waals surface area contributed by atoms with E-state index < -0.39 is 0 Å². The highest BCUT2D eigenvalue weighted by Gasteiger charge is 2.02. The second-order valence-electron chi connectivity index (χ2n) is 3.56. The number of ether oxygens (including phenoxy) is 1. The Morgan fingerprint density at radius 1 is 1.12 bits per heavy atom. The molecule has 0 fully saturated rings. The Bertz CT molecular complexity index is 488. The summed E-state index contributed by atoms with van der Waals surface area (Å²) in [5.41, 5.74) is 4.38. The van der Waals surface area contributed by atoms with E-state index in [1.165, 1.54) is 0 Å². The third-order valence-electron chi connectivity index (χ3n) is 2.34. The molecule has 17 heavy (non-hydrogen) atoms. The largest absolute Gasteiger partial charge is 0.487 e.